The summed E-state index contributed by atoms with van der Waals surface area (Å²) in [6.07, 6.45) is 2.26. The van der Waals surface area contributed by atoms with Crippen LogP contribution in [0, 0.1) is 13.8 Å². The Labute approximate surface area is 153 Å². The summed E-state index contributed by atoms with van der Waals surface area (Å²) in [6, 6.07) is 14.2. The van der Waals surface area contributed by atoms with Crippen LogP contribution in [0.15, 0.2) is 54.8 Å². The second kappa shape index (κ2) is 6.32. The van der Waals surface area contributed by atoms with Crippen molar-refractivity contribution < 1.29 is 4.79 Å². The molecule has 0 unspecified atom stereocenters. The molecule has 3 aromatic rings. The SMILES string of the molecule is C=C=Cn1c([C@H]2CC(=O)N(c3ccc(C)cc3C)C2)nc2ccccc21. The molecule has 1 fully saturated rings. The van der Waals surface area contributed by atoms with Crippen molar-refractivity contribution in [2.24, 2.45) is 0 Å². The van der Waals surface area contributed by atoms with E-state index in [1.807, 2.05) is 39.8 Å². The fourth-order valence-electron chi connectivity index (χ4n) is 3.80. The molecule has 2 aromatic carbocycles. The van der Waals surface area contributed by atoms with Crippen LogP contribution in [0.3, 0.4) is 0 Å². The Kier molecular flexibility index (Phi) is 3.98. The molecule has 1 saturated heterocycles. The van der Waals surface area contributed by atoms with Crippen LogP contribution < -0.4 is 4.90 Å². The molecule has 0 saturated carbocycles. The van der Waals surface area contributed by atoms with Crippen LogP contribution in [0.2, 0.25) is 0 Å². The van der Waals surface area contributed by atoms with Crippen LogP contribution in [0.4, 0.5) is 5.69 Å². The highest BCUT2D eigenvalue weighted by molar-refractivity contribution is 5.97. The molecular weight excluding hydrogens is 322 g/mol. The largest absolute Gasteiger partial charge is 0.311 e. The number of carbonyl (C=O) groups is 1. The molecule has 4 nitrogen and oxygen atoms in total. The lowest BCUT2D eigenvalue weighted by Crippen LogP contribution is -2.25. The maximum Gasteiger partial charge on any atom is 0.227 e. The molecule has 0 bridgehead atoms. The van der Waals surface area contributed by atoms with Gasteiger partial charge in [0.1, 0.15) is 5.82 Å². The highest BCUT2D eigenvalue weighted by Crippen LogP contribution is 2.34. The summed E-state index contributed by atoms with van der Waals surface area (Å²) >= 11 is 0. The monoisotopic (exact) mass is 343 g/mol. The van der Waals surface area contributed by atoms with Crippen molar-refractivity contribution in [1.82, 2.24) is 9.55 Å². The van der Waals surface area contributed by atoms with Crippen LogP contribution in [0.1, 0.15) is 29.3 Å². The Balaban J connectivity index is 1.74. The zero-order chi connectivity index (χ0) is 18.3. The van der Waals surface area contributed by atoms with E-state index in [1.165, 1.54) is 5.56 Å². The van der Waals surface area contributed by atoms with Crippen LogP contribution in [-0.4, -0.2) is 22.0 Å². The zero-order valence-corrected chi connectivity index (χ0v) is 15.1. The van der Waals surface area contributed by atoms with E-state index in [-0.39, 0.29) is 11.8 Å². The van der Waals surface area contributed by atoms with Gasteiger partial charge in [-0.1, -0.05) is 36.4 Å². The summed E-state index contributed by atoms with van der Waals surface area (Å²) in [7, 11) is 0. The fraction of sp³-hybridized carbons (Fsp3) is 0.227. The van der Waals surface area contributed by atoms with Gasteiger partial charge in [0.15, 0.2) is 0 Å². The average molecular weight is 343 g/mol. The Bertz CT molecular complexity index is 1060. The van der Waals surface area contributed by atoms with Gasteiger partial charge in [-0.25, -0.2) is 4.98 Å². The van der Waals surface area contributed by atoms with Gasteiger partial charge < -0.3 is 4.90 Å². The lowest BCUT2D eigenvalue weighted by molar-refractivity contribution is -0.117. The molecule has 2 heterocycles. The second-order valence-corrected chi connectivity index (χ2v) is 6.86. The van der Waals surface area contributed by atoms with Crippen molar-refractivity contribution in [3.05, 3.63) is 71.7 Å². The number of rotatable bonds is 3. The minimum absolute atomic E-state index is 0.0419. The average Bonchev–Trinajstić information content (AvgIpc) is 3.17. The molecule has 1 aliphatic heterocycles. The van der Waals surface area contributed by atoms with Crippen LogP contribution in [0.5, 0.6) is 0 Å². The van der Waals surface area contributed by atoms with Crippen LogP contribution in [-0.2, 0) is 4.79 Å². The maximum absolute atomic E-state index is 12.7. The highest BCUT2D eigenvalue weighted by atomic mass is 16.2. The molecule has 4 heteroatoms. The summed E-state index contributed by atoms with van der Waals surface area (Å²) in [5, 5.41) is 0. The molecule has 26 heavy (non-hydrogen) atoms. The topological polar surface area (TPSA) is 38.1 Å². The van der Waals surface area contributed by atoms with Gasteiger partial charge in [0.2, 0.25) is 5.91 Å². The summed E-state index contributed by atoms with van der Waals surface area (Å²) in [5.41, 5.74) is 8.09. The van der Waals surface area contributed by atoms with E-state index >= 15 is 0 Å². The van der Waals surface area contributed by atoms with Crippen molar-refractivity contribution in [2.75, 3.05) is 11.4 Å². The van der Waals surface area contributed by atoms with Gasteiger partial charge in [-0.3, -0.25) is 9.36 Å². The van der Waals surface area contributed by atoms with E-state index in [2.05, 4.69) is 38.3 Å². The van der Waals surface area contributed by atoms with Crippen LogP contribution in [0.25, 0.3) is 17.2 Å². The molecule has 1 aromatic heterocycles. The molecule has 0 aliphatic carbocycles. The number of amides is 1. The first-order valence-corrected chi connectivity index (χ1v) is 8.79. The molecule has 0 spiro atoms. The molecule has 1 atom stereocenters. The number of imidazole rings is 1. The van der Waals surface area contributed by atoms with Gasteiger partial charge >= 0.3 is 0 Å². The predicted molar refractivity (Wildman–Crippen MR) is 105 cm³/mol. The van der Waals surface area contributed by atoms with Crippen molar-refractivity contribution in [3.63, 3.8) is 0 Å². The van der Waals surface area contributed by atoms with Gasteiger partial charge in [0.05, 0.1) is 17.2 Å². The third-order valence-corrected chi connectivity index (χ3v) is 4.98. The molecular formula is C22H21N3O. The summed E-state index contributed by atoms with van der Waals surface area (Å²) in [6.45, 7) is 8.46. The minimum atomic E-state index is 0.0419. The van der Waals surface area contributed by atoms with Gasteiger partial charge in [-0.2, -0.15) is 0 Å². The van der Waals surface area contributed by atoms with Crippen molar-refractivity contribution >= 4 is 28.8 Å². The lowest BCUT2D eigenvalue weighted by atomic mass is 10.1. The third-order valence-electron chi connectivity index (χ3n) is 4.98. The van der Waals surface area contributed by atoms with E-state index in [9.17, 15) is 4.79 Å². The number of benzene rings is 2. The fourth-order valence-corrected chi connectivity index (χ4v) is 3.80. The van der Waals surface area contributed by atoms with E-state index in [0.717, 1.165) is 28.1 Å². The van der Waals surface area contributed by atoms with E-state index in [1.54, 1.807) is 6.20 Å². The molecule has 4 rings (SSSR count). The quantitative estimate of drug-likeness (QED) is 0.660. The highest BCUT2D eigenvalue weighted by Gasteiger charge is 2.35. The normalized spacial score (nSPS) is 16.9. The lowest BCUT2D eigenvalue weighted by Gasteiger charge is -2.19. The van der Waals surface area contributed by atoms with E-state index in [0.29, 0.717) is 13.0 Å². The molecule has 0 N–H and O–H groups in total. The zero-order valence-electron chi connectivity index (χ0n) is 15.1. The molecule has 1 aliphatic rings. The van der Waals surface area contributed by atoms with E-state index in [4.69, 9.17) is 4.98 Å². The first-order valence-electron chi connectivity index (χ1n) is 8.79. The number of hydrogen-bond acceptors (Lipinski definition) is 2. The predicted octanol–water partition coefficient (Wildman–Crippen LogP) is 4.43. The second-order valence-electron chi connectivity index (χ2n) is 6.86. The number of fused-ring (bicyclic) bond motifs is 1. The van der Waals surface area contributed by atoms with Gasteiger partial charge in [-0.15, -0.1) is 5.73 Å². The Morgan fingerprint density at radius 1 is 1.23 bits per heavy atom. The number of para-hydroxylation sites is 2. The van der Waals surface area contributed by atoms with E-state index < -0.39 is 0 Å². The molecule has 130 valence electrons. The number of aromatic nitrogens is 2. The number of hydrogen-bond donors (Lipinski definition) is 0. The number of nitrogens with zero attached hydrogens (tertiary/aromatic N) is 3. The minimum Gasteiger partial charge on any atom is -0.311 e. The molecule has 1 amide bonds. The first-order chi connectivity index (χ1) is 12.6. The summed E-state index contributed by atoms with van der Waals surface area (Å²) in [5.74, 6) is 1.08. The summed E-state index contributed by atoms with van der Waals surface area (Å²) in [4.78, 5) is 19.4. The first kappa shape index (κ1) is 16.4. The van der Waals surface area contributed by atoms with Crippen LogP contribution >= 0.6 is 0 Å². The Morgan fingerprint density at radius 2 is 2.04 bits per heavy atom. The number of aryl methyl sites for hydroxylation is 2. The standard InChI is InChI=1S/C22H21N3O/c1-4-11-24-20-8-6-5-7-18(20)23-22(24)17-13-21(26)25(14-17)19-10-9-15(2)12-16(19)3/h5-12,17H,1,13-14H2,2-3H3/t17-/m0/s1. The number of anilines is 1. The summed E-state index contributed by atoms with van der Waals surface area (Å²) < 4.78 is 2.01. The maximum atomic E-state index is 12.7. The van der Waals surface area contributed by atoms with Crippen molar-refractivity contribution in [1.29, 1.82) is 0 Å². The smallest absolute Gasteiger partial charge is 0.227 e. The number of carbonyl (C=O) groups excluding carboxylic acids is 1. The van der Waals surface area contributed by atoms with Gasteiger partial charge in [0.25, 0.3) is 0 Å². The Morgan fingerprint density at radius 3 is 2.81 bits per heavy atom. The third kappa shape index (κ3) is 2.65. The van der Waals surface area contributed by atoms with Crippen molar-refractivity contribution in [3.8, 4) is 0 Å². The van der Waals surface area contributed by atoms with Gasteiger partial charge in [0, 0.05) is 24.6 Å². The van der Waals surface area contributed by atoms with Gasteiger partial charge in [-0.05, 0) is 37.6 Å². The Hall–Kier alpha value is -3.10. The van der Waals surface area contributed by atoms with Crippen molar-refractivity contribution in [2.45, 2.75) is 26.2 Å². The molecule has 0 radical (unpaired) electrons.